The summed E-state index contributed by atoms with van der Waals surface area (Å²) in [7, 11) is -3.46. The Morgan fingerprint density at radius 2 is 2.00 bits per heavy atom. The molecule has 126 valence electrons. The van der Waals surface area contributed by atoms with Gasteiger partial charge in [0, 0.05) is 13.1 Å². The number of benzene rings is 1. The first-order chi connectivity index (χ1) is 10.9. The third-order valence-corrected chi connectivity index (χ3v) is 5.53. The van der Waals surface area contributed by atoms with Gasteiger partial charge in [-0.25, -0.2) is 8.42 Å². The molecule has 3 rings (SSSR count). The van der Waals surface area contributed by atoms with E-state index in [1.165, 1.54) is 4.31 Å². The quantitative estimate of drug-likeness (QED) is 0.819. The fourth-order valence-corrected chi connectivity index (χ4v) is 4.15. The van der Waals surface area contributed by atoms with E-state index in [-0.39, 0.29) is 12.5 Å². The number of fused-ring (bicyclic) bond motifs is 1. The van der Waals surface area contributed by atoms with Gasteiger partial charge in [0.15, 0.2) is 6.10 Å². The number of hydrogen-bond acceptors (Lipinski definition) is 4. The second kappa shape index (κ2) is 6.03. The smallest absolute Gasteiger partial charge is 0.265 e. The summed E-state index contributed by atoms with van der Waals surface area (Å²) in [5.74, 6) is 0.780. The predicted octanol–water partition coefficient (Wildman–Crippen LogP) is 1.47. The maximum Gasteiger partial charge on any atom is 0.265 e. The van der Waals surface area contributed by atoms with E-state index < -0.39 is 16.1 Å². The van der Waals surface area contributed by atoms with Crippen molar-refractivity contribution < 1.29 is 17.9 Å². The SMILES string of the molecule is C[C@@H]1CCCN(C(=O)[C@H]2CN(S(C)(=O)=O)c3ccccc3O2)C1. The third kappa shape index (κ3) is 3.29. The molecule has 1 saturated heterocycles. The zero-order valence-corrected chi connectivity index (χ0v) is 14.3. The molecule has 0 aromatic heterocycles. The van der Waals surface area contributed by atoms with Crippen LogP contribution in [0.1, 0.15) is 19.8 Å². The lowest BCUT2D eigenvalue weighted by Crippen LogP contribution is -2.53. The average Bonchev–Trinajstić information content (AvgIpc) is 2.52. The summed E-state index contributed by atoms with van der Waals surface area (Å²) in [6.45, 7) is 3.57. The van der Waals surface area contributed by atoms with E-state index in [9.17, 15) is 13.2 Å². The first kappa shape index (κ1) is 16.1. The Kier molecular flexibility index (Phi) is 4.23. The second-order valence-corrected chi connectivity index (χ2v) is 8.31. The number of ether oxygens (including phenoxy) is 1. The highest BCUT2D eigenvalue weighted by Gasteiger charge is 2.37. The summed E-state index contributed by atoms with van der Waals surface area (Å²) in [5.41, 5.74) is 0.492. The van der Waals surface area contributed by atoms with Crippen molar-refractivity contribution in [1.82, 2.24) is 4.90 Å². The molecule has 1 aromatic carbocycles. The maximum absolute atomic E-state index is 12.8. The normalized spacial score (nSPS) is 24.8. The molecule has 23 heavy (non-hydrogen) atoms. The number of para-hydroxylation sites is 2. The van der Waals surface area contributed by atoms with Crippen LogP contribution in [0.5, 0.6) is 5.75 Å². The maximum atomic E-state index is 12.8. The third-order valence-electron chi connectivity index (χ3n) is 4.38. The molecule has 2 aliphatic heterocycles. The topological polar surface area (TPSA) is 66.9 Å². The van der Waals surface area contributed by atoms with Gasteiger partial charge in [0.05, 0.1) is 18.5 Å². The van der Waals surface area contributed by atoms with E-state index in [0.29, 0.717) is 30.4 Å². The Labute approximate surface area is 137 Å². The van der Waals surface area contributed by atoms with Crippen LogP contribution >= 0.6 is 0 Å². The van der Waals surface area contributed by atoms with Gasteiger partial charge in [-0.3, -0.25) is 9.10 Å². The van der Waals surface area contributed by atoms with Gasteiger partial charge in [0.1, 0.15) is 5.75 Å². The molecule has 1 aromatic rings. The molecule has 0 bridgehead atoms. The van der Waals surface area contributed by atoms with Crippen LogP contribution in [-0.2, 0) is 14.8 Å². The van der Waals surface area contributed by atoms with Crippen LogP contribution in [0.4, 0.5) is 5.69 Å². The zero-order valence-electron chi connectivity index (χ0n) is 13.4. The van der Waals surface area contributed by atoms with E-state index in [2.05, 4.69) is 6.92 Å². The number of hydrogen-bond donors (Lipinski definition) is 0. The van der Waals surface area contributed by atoms with E-state index in [4.69, 9.17) is 4.74 Å². The molecule has 7 heteroatoms. The van der Waals surface area contributed by atoms with Crippen LogP contribution in [0.15, 0.2) is 24.3 Å². The van der Waals surface area contributed by atoms with Gasteiger partial charge in [-0.05, 0) is 30.9 Å². The lowest BCUT2D eigenvalue weighted by molar-refractivity contribution is -0.140. The summed E-state index contributed by atoms with van der Waals surface area (Å²) in [6, 6.07) is 6.93. The molecule has 6 nitrogen and oxygen atoms in total. The second-order valence-electron chi connectivity index (χ2n) is 6.40. The van der Waals surface area contributed by atoms with E-state index in [1.54, 1.807) is 29.2 Å². The van der Waals surface area contributed by atoms with Crippen molar-refractivity contribution in [2.75, 3.05) is 30.2 Å². The van der Waals surface area contributed by atoms with Gasteiger partial charge in [-0.1, -0.05) is 19.1 Å². The van der Waals surface area contributed by atoms with Crippen LogP contribution in [0.25, 0.3) is 0 Å². The van der Waals surface area contributed by atoms with Gasteiger partial charge in [-0.2, -0.15) is 0 Å². The lowest BCUT2D eigenvalue weighted by Gasteiger charge is -2.38. The summed E-state index contributed by atoms with van der Waals surface area (Å²) in [4.78, 5) is 14.6. The Hall–Kier alpha value is -1.76. The molecule has 0 N–H and O–H groups in total. The lowest BCUT2D eigenvalue weighted by atomic mass is 10.00. The molecule has 0 saturated carbocycles. The minimum Gasteiger partial charge on any atom is -0.476 e. The molecule has 1 fully saturated rings. The summed E-state index contributed by atoms with van der Waals surface area (Å²) >= 11 is 0. The number of anilines is 1. The molecule has 1 amide bonds. The van der Waals surface area contributed by atoms with Gasteiger partial charge < -0.3 is 9.64 Å². The first-order valence-corrected chi connectivity index (χ1v) is 9.73. The van der Waals surface area contributed by atoms with Crippen molar-refractivity contribution >= 4 is 21.6 Å². The number of likely N-dealkylation sites (tertiary alicyclic amines) is 1. The van der Waals surface area contributed by atoms with Crippen LogP contribution in [0, 0.1) is 5.92 Å². The van der Waals surface area contributed by atoms with Crippen LogP contribution in [-0.4, -0.2) is 51.2 Å². The summed E-state index contributed by atoms with van der Waals surface area (Å²) in [5, 5.41) is 0. The molecule has 2 heterocycles. The van der Waals surface area contributed by atoms with E-state index >= 15 is 0 Å². The fourth-order valence-electron chi connectivity index (χ4n) is 3.24. The highest BCUT2D eigenvalue weighted by Crippen LogP contribution is 2.35. The number of amides is 1. The molecule has 0 radical (unpaired) electrons. The Morgan fingerprint density at radius 1 is 1.26 bits per heavy atom. The Bertz CT molecular complexity index is 704. The van der Waals surface area contributed by atoms with Crippen molar-refractivity contribution in [1.29, 1.82) is 0 Å². The minimum atomic E-state index is -3.46. The monoisotopic (exact) mass is 338 g/mol. The molecule has 0 spiro atoms. The molecule has 0 aliphatic carbocycles. The highest BCUT2D eigenvalue weighted by molar-refractivity contribution is 7.92. The Morgan fingerprint density at radius 3 is 2.70 bits per heavy atom. The number of carbonyl (C=O) groups is 1. The van der Waals surface area contributed by atoms with Gasteiger partial charge in [0.25, 0.3) is 5.91 Å². The number of piperidine rings is 1. The molecule has 2 atom stereocenters. The van der Waals surface area contributed by atoms with Crippen molar-refractivity contribution in [3.05, 3.63) is 24.3 Å². The average molecular weight is 338 g/mol. The van der Waals surface area contributed by atoms with Crippen molar-refractivity contribution in [3.63, 3.8) is 0 Å². The number of carbonyl (C=O) groups excluding carboxylic acids is 1. The van der Waals surface area contributed by atoms with E-state index in [1.807, 2.05) is 0 Å². The van der Waals surface area contributed by atoms with Gasteiger partial charge in [0.2, 0.25) is 10.0 Å². The number of rotatable bonds is 2. The zero-order chi connectivity index (χ0) is 16.6. The standard InChI is InChI=1S/C16H22N2O4S/c1-12-6-5-9-17(10-12)16(19)15-11-18(23(2,20)21)13-7-3-4-8-14(13)22-15/h3-4,7-8,12,15H,5-6,9-11H2,1-2H3/t12-,15-/m1/s1. The van der Waals surface area contributed by atoms with Gasteiger partial charge >= 0.3 is 0 Å². The van der Waals surface area contributed by atoms with Crippen LogP contribution in [0.2, 0.25) is 0 Å². The largest absolute Gasteiger partial charge is 0.476 e. The van der Waals surface area contributed by atoms with Crippen LogP contribution in [0.3, 0.4) is 0 Å². The molecular weight excluding hydrogens is 316 g/mol. The molecular formula is C16H22N2O4S. The number of sulfonamides is 1. The predicted molar refractivity (Wildman–Crippen MR) is 88.0 cm³/mol. The minimum absolute atomic E-state index is 0.0273. The first-order valence-electron chi connectivity index (χ1n) is 7.88. The summed E-state index contributed by atoms with van der Waals surface area (Å²) < 4.78 is 31.3. The van der Waals surface area contributed by atoms with Crippen molar-refractivity contribution in [3.8, 4) is 5.75 Å². The van der Waals surface area contributed by atoms with Crippen LogP contribution < -0.4 is 9.04 Å². The van der Waals surface area contributed by atoms with Crippen molar-refractivity contribution in [2.24, 2.45) is 5.92 Å². The van der Waals surface area contributed by atoms with Crippen molar-refractivity contribution in [2.45, 2.75) is 25.9 Å². The molecule has 2 aliphatic rings. The highest BCUT2D eigenvalue weighted by atomic mass is 32.2. The van der Waals surface area contributed by atoms with Gasteiger partial charge in [-0.15, -0.1) is 0 Å². The Balaban J connectivity index is 1.86. The number of nitrogens with zero attached hydrogens (tertiary/aromatic N) is 2. The summed E-state index contributed by atoms with van der Waals surface area (Å²) in [6.07, 6.45) is 2.46. The fraction of sp³-hybridized carbons (Fsp3) is 0.562. The van der Waals surface area contributed by atoms with E-state index in [0.717, 1.165) is 19.1 Å². The molecule has 0 unspecified atom stereocenters.